The molecule has 0 spiro atoms. The molecule has 0 aliphatic rings. The molecule has 18 heavy (non-hydrogen) atoms. The molecule has 1 N–H and O–H groups in total. The topological polar surface area (TPSA) is 49.4 Å². The summed E-state index contributed by atoms with van der Waals surface area (Å²) in [6.45, 7) is 7.37. The van der Waals surface area contributed by atoms with Crippen molar-refractivity contribution in [2.75, 3.05) is 13.6 Å². The molecule has 0 amide bonds. The SMILES string of the molecule is CCCN(C)S(=O)(=O)c1cc(CNC(C)C)cs1. The number of thiophene rings is 1. The zero-order chi connectivity index (χ0) is 13.8. The fourth-order valence-electron chi connectivity index (χ4n) is 1.49. The Balaban J connectivity index is 2.78. The lowest BCUT2D eigenvalue weighted by molar-refractivity contribution is 0.470. The van der Waals surface area contributed by atoms with E-state index in [0.29, 0.717) is 23.3 Å². The van der Waals surface area contributed by atoms with Crippen molar-refractivity contribution in [1.29, 1.82) is 0 Å². The Kier molecular flexibility index (Phi) is 5.78. The summed E-state index contributed by atoms with van der Waals surface area (Å²) in [7, 11) is -1.67. The molecular formula is C12H22N2O2S2. The van der Waals surface area contributed by atoms with E-state index >= 15 is 0 Å². The Morgan fingerprint density at radius 3 is 2.67 bits per heavy atom. The van der Waals surface area contributed by atoms with Gasteiger partial charge in [-0.2, -0.15) is 0 Å². The van der Waals surface area contributed by atoms with Crippen molar-refractivity contribution in [3.05, 3.63) is 17.0 Å². The second-order valence-electron chi connectivity index (χ2n) is 4.64. The van der Waals surface area contributed by atoms with E-state index in [1.54, 1.807) is 13.1 Å². The van der Waals surface area contributed by atoms with Gasteiger partial charge < -0.3 is 5.32 Å². The summed E-state index contributed by atoms with van der Waals surface area (Å²) in [4.78, 5) is 0. The first-order valence-corrected chi connectivity index (χ1v) is 8.47. The first kappa shape index (κ1) is 15.6. The van der Waals surface area contributed by atoms with Crippen molar-refractivity contribution >= 4 is 21.4 Å². The quantitative estimate of drug-likeness (QED) is 0.838. The molecule has 0 saturated carbocycles. The second kappa shape index (κ2) is 6.65. The number of nitrogens with zero attached hydrogens (tertiary/aromatic N) is 1. The van der Waals surface area contributed by atoms with Crippen LogP contribution >= 0.6 is 11.3 Å². The largest absolute Gasteiger partial charge is 0.310 e. The van der Waals surface area contributed by atoms with Crippen LogP contribution in [0.3, 0.4) is 0 Å². The number of nitrogens with one attached hydrogen (secondary N) is 1. The van der Waals surface area contributed by atoms with Crippen molar-refractivity contribution < 1.29 is 8.42 Å². The summed E-state index contributed by atoms with van der Waals surface area (Å²) in [6.07, 6.45) is 0.822. The highest BCUT2D eigenvalue weighted by molar-refractivity contribution is 7.91. The Morgan fingerprint density at radius 2 is 2.11 bits per heavy atom. The molecule has 4 nitrogen and oxygen atoms in total. The predicted molar refractivity (Wildman–Crippen MR) is 76.4 cm³/mol. The van der Waals surface area contributed by atoms with Crippen molar-refractivity contribution in [3.63, 3.8) is 0 Å². The molecule has 0 aromatic carbocycles. The van der Waals surface area contributed by atoms with Gasteiger partial charge in [-0.1, -0.05) is 20.8 Å². The van der Waals surface area contributed by atoms with Gasteiger partial charge in [0.1, 0.15) is 4.21 Å². The zero-order valence-electron chi connectivity index (χ0n) is 11.4. The third kappa shape index (κ3) is 4.05. The molecule has 0 radical (unpaired) electrons. The number of rotatable bonds is 7. The lowest BCUT2D eigenvalue weighted by atomic mass is 10.3. The summed E-state index contributed by atoms with van der Waals surface area (Å²) < 4.78 is 26.2. The lowest BCUT2D eigenvalue weighted by Crippen LogP contribution is -2.27. The Hall–Kier alpha value is -0.430. The van der Waals surface area contributed by atoms with E-state index in [0.717, 1.165) is 12.0 Å². The van der Waals surface area contributed by atoms with E-state index in [9.17, 15) is 8.42 Å². The molecule has 104 valence electrons. The van der Waals surface area contributed by atoms with E-state index in [1.807, 2.05) is 12.3 Å². The molecule has 0 aliphatic heterocycles. The van der Waals surface area contributed by atoms with Crippen LogP contribution in [0, 0.1) is 0 Å². The fraction of sp³-hybridized carbons (Fsp3) is 0.667. The Bertz CT molecular complexity index is 466. The van der Waals surface area contributed by atoms with Gasteiger partial charge in [-0.3, -0.25) is 0 Å². The van der Waals surface area contributed by atoms with Crippen LogP contribution in [0.4, 0.5) is 0 Å². The minimum absolute atomic E-state index is 0.396. The first-order chi connectivity index (χ1) is 8.37. The van der Waals surface area contributed by atoms with Gasteiger partial charge in [0.2, 0.25) is 0 Å². The molecule has 0 fully saturated rings. The van der Waals surface area contributed by atoms with E-state index < -0.39 is 10.0 Å². The molecule has 6 heteroatoms. The van der Waals surface area contributed by atoms with Crippen molar-refractivity contribution in [1.82, 2.24) is 9.62 Å². The lowest BCUT2D eigenvalue weighted by Gasteiger charge is -2.14. The van der Waals surface area contributed by atoms with Crippen LogP contribution in [0.5, 0.6) is 0 Å². The molecule has 1 aromatic rings. The summed E-state index contributed by atoms with van der Waals surface area (Å²) >= 11 is 1.29. The normalized spacial score (nSPS) is 12.6. The highest BCUT2D eigenvalue weighted by Gasteiger charge is 2.21. The van der Waals surface area contributed by atoms with Crippen LogP contribution in [0.25, 0.3) is 0 Å². The number of sulfonamides is 1. The molecular weight excluding hydrogens is 268 g/mol. The maximum Gasteiger partial charge on any atom is 0.252 e. The monoisotopic (exact) mass is 290 g/mol. The first-order valence-electron chi connectivity index (χ1n) is 6.15. The van der Waals surface area contributed by atoms with Crippen molar-refractivity contribution in [3.8, 4) is 0 Å². The number of hydrogen-bond acceptors (Lipinski definition) is 4. The van der Waals surface area contributed by atoms with Gasteiger partial charge >= 0.3 is 0 Å². The van der Waals surface area contributed by atoms with Crippen LogP contribution in [0.2, 0.25) is 0 Å². The Morgan fingerprint density at radius 1 is 1.44 bits per heavy atom. The van der Waals surface area contributed by atoms with E-state index in [-0.39, 0.29) is 0 Å². The standard InChI is InChI=1S/C12H22N2O2S2/c1-5-6-14(4)18(15,16)12-7-11(9-17-12)8-13-10(2)3/h7,9-10,13H,5-6,8H2,1-4H3. The molecule has 0 saturated heterocycles. The van der Waals surface area contributed by atoms with Gasteiger partial charge in [0.05, 0.1) is 0 Å². The fourth-order valence-corrected chi connectivity index (χ4v) is 4.17. The third-order valence-corrected chi connectivity index (χ3v) is 5.87. The summed E-state index contributed by atoms with van der Waals surface area (Å²) in [5.74, 6) is 0. The average Bonchev–Trinajstić information content (AvgIpc) is 2.75. The second-order valence-corrected chi connectivity index (χ2v) is 7.82. The van der Waals surface area contributed by atoms with Gasteiger partial charge in [-0.05, 0) is 23.4 Å². The maximum absolute atomic E-state index is 12.2. The highest BCUT2D eigenvalue weighted by atomic mass is 32.2. The third-order valence-electron chi connectivity index (χ3n) is 2.55. The molecule has 1 aromatic heterocycles. The van der Waals surface area contributed by atoms with Gasteiger partial charge in [0, 0.05) is 26.2 Å². The van der Waals surface area contributed by atoms with Crippen LogP contribution < -0.4 is 5.32 Å². The maximum atomic E-state index is 12.2. The summed E-state index contributed by atoms with van der Waals surface area (Å²) in [6, 6.07) is 2.16. The van der Waals surface area contributed by atoms with E-state index in [4.69, 9.17) is 0 Å². The summed E-state index contributed by atoms with van der Waals surface area (Å²) in [5, 5.41) is 5.18. The molecule has 0 bridgehead atoms. The minimum Gasteiger partial charge on any atom is -0.310 e. The van der Waals surface area contributed by atoms with Crippen molar-refractivity contribution in [2.45, 2.75) is 44.0 Å². The summed E-state index contributed by atoms with van der Waals surface area (Å²) in [5.41, 5.74) is 1.03. The van der Waals surface area contributed by atoms with E-state index in [1.165, 1.54) is 15.6 Å². The van der Waals surface area contributed by atoms with Crippen molar-refractivity contribution in [2.24, 2.45) is 0 Å². The van der Waals surface area contributed by atoms with Gasteiger partial charge in [-0.15, -0.1) is 11.3 Å². The molecule has 0 unspecified atom stereocenters. The van der Waals surface area contributed by atoms with Gasteiger partial charge in [0.15, 0.2) is 0 Å². The number of hydrogen-bond donors (Lipinski definition) is 1. The van der Waals surface area contributed by atoms with Crippen LogP contribution in [-0.4, -0.2) is 32.4 Å². The zero-order valence-corrected chi connectivity index (χ0v) is 13.1. The minimum atomic E-state index is -3.29. The molecule has 1 heterocycles. The highest BCUT2D eigenvalue weighted by Crippen LogP contribution is 2.23. The molecule has 0 atom stereocenters. The van der Waals surface area contributed by atoms with Gasteiger partial charge in [0.25, 0.3) is 10.0 Å². The van der Waals surface area contributed by atoms with E-state index in [2.05, 4.69) is 19.2 Å². The average molecular weight is 290 g/mol. The predicted octanol–water partition coefficient (Wildman–Crippen LogP) is 2.28. The van der Waals surface area contributed by atoms with Crippen LogP contribution in [-0.2, 0) is 16.6 Å². The van der Waals surface area contributed by atoms with Gasteiger partial charge in [-0.25, -0.2) is 12.7 Å². The van der Waals surface area contributed by atoms with Crippen LogP contribution in [0.15, 0.2) is 15.7 Å². The molecule has 1 rings (SSSR count). The smallest absolute Gasteiger partial charge is 0.252 e. The van der Waals surface area contributed by atoms with Crippen LogP contribution in [0.1, 0.15) is 32.8 Å². The Labute approximate surface area is 114 Å². The molecule has 0 aliphatic carbocycles.